The molecule has 0 bridgehead atoms. The van der Waals surface area contributed by atoms with Crippen LogP contribution in [-0.2, 0) is 6.54 Å². The first-order valence-corrected chi connectivity index (χ1v) is 5.78. The number of rotatable bonds is 4. The van der Waals surface area contributed by atoms with E-state index >= 15 is 0 Å². The molecule has 1 aromatic carbocycles. The van der Waals surface area contributed by atoms with E-state index in [2.05, 4.69) is 10.3 Å². The molecule has 0 aliphatic carbocycles. The first-order chi connectivity index (χ1) is 8.69. The van der Waals surface area contributed by atoms with Crippen LogP contribution in [0.5, 0.6) is 11.5 Å². The number of hydrogen-bond acceptors (Lipinski definition) is 4. The summed E-state index contributed by atoms with van der Waals surface area (Å²) in [5.41, 5.74) is 1.63. The molecule has 0 fully saturated rings. The fourth-order valence-electron chi connectivity index (χ4n) is 1.53. The summed E-state index contributed by atoms with van der Waals surface area (Å²) in [4.78, 5) is 3.89. The van der Waals surface area contributed by atoms with Crippen LogP contribution in [0.3, 0.4) is 0 Å². The molecule has 18 heavy (non-hydrogen) atoms. The molecule has 0 saturated heterocycles. The van der Waals surface area contributed by atoms with Gasteiger partial charge in [-0.2, -0.15) is 0 Å². The molecule has 0 aliphatic heterocycles. The normalized spacial score (nSPS) is 10.1. The summed E-state index contributed by atoms with van der Waals surface area (Å²) < 4.78 is 5.02. The van der Waals surface area contributed by atoms with Gasteiger partial charge in [0.2, 0.25) is 0 Å². The highest BCUT2D eigenvalue weighted by Crippen LogP contribution is 2.24. The maximum Gasteiger partial charge on any atom is 0.131 e. The number of pyridine rings is 1. The van der Waals surface area contributed by atoms with E-state index in [0.717, 1.165) is 11.3 Å². The Balaban J connectivity index is 2.06. The molecule has 0 amide bonds. The Kier molecular flexibility index (Phi) is 3.89. The van der Waals surface area contributed by atoms with E-state index in [1.54, 1.807) is 31.5 Å². The lowest BCUT2D eigenvalue weighted by Crippen LogP contribution is -2.00. The lowest BCUT2D eigenvalue weighted by atomic mass is 10.2. The quantitative estimate of drug-likeness (QED) is 0.834. The SMILES string of the molecule is COc1ccc(CNc2ccnc(Cl)c2)c(O)c1. The Hall–Kier alpha value is -1.94. The van der Waals surface area contributed by atoms with Crippen molar-refractivity contribution >= 4 is 17.3 Å². The Morgan fingerprint density at radius 3 is 2.83 bits per heavy atom. The van der Waals surface area contributed by atoms with E-state index in [1.165, 1.54) is 0 Å². The van der Waals surface area contributed by atoms with Gasteiger partial charge >= 0.3 is 0 Å². The van der Waals surface area contributed by atoms with Crippen molar-refractivity contribution in [1.82, 2.24) is 4.98 Å². The van der Waals surface area contributed by atoms with Crippen molar-refractivity contribution in [1.29, 1.82) is 0 Å². The van der Waals surface area contributed by atoms with Crippen molar-refractivity contribution in [2.24, 2.45) is 0 Å². The predicted molar refractivity (Wildman–Crippen MR) is 71.2 cm³/mol. The monoisotopic (exact) mass is 264 g/mol. The average Bonchev–Trinajstić information content (AvgIpc) is 2.37. The molecule has 0 saturated carbocycles. The number of phenols is 1. The van der Waals surface area contributed by atoms with Crippen LogP contribution < -0.4 is 10.1 Å². The van der Waals surface area contributed by atoms with E-state index in [1.807, 2.05) is 12.1 Å². The Labute approximate surface area is 110 Å². The van der Waals surface area contributed by atoms with E-state index in [9.17, 15) is 5.11 Å². The van der Waals surface area contributed by atoms with Crippen LogP contribution in [0.4, 0.5) is 5.69 Å². The van der Waals surface area contributed by atoms with Gasteiger partial charge in [-0.1, -0.05) is 11.6 Å². The van der Waals surface area contributed by atoms with Crippen LogP contribution >= 0.6 is 11.6 Å². The van der Waals surface area contributed by atoms with Crippen LogP contribution in [0.15, 0.2) is 36.5 Å². The summed E-state index contributed by atoms with van der Waals surface area (Å²) in [6.45, 7) is 0.496. The summed E-state index contributed by atoms with van der Waals surface area (Å²) >= 11 is 5.78. The van der Waals surface area contributed by atoms with Gasteiger partial charge < -0.3 is 15.2 Å². The van der Waals surface area contributed by atoms with Crippen molar-refractivity contribution in [3.63, 3.8) is 0 Å². The standard InChI is InChI=1S/C13H13ClN2O2/c1-18-11-3-2-9(12(17)7-11)8-16-10-4-5-15-13(14)6-10/h2-7,17H,8H2,1H3,(H,15,16). The highest BCUT2D eigenvalue weighted by Gasteiger charge is 2.03. The van der Waals surface area contributed by atoms with Gasteiger partial charge in [0.15, 0.2) is 0 Å². The van der Waals surface area contributed by atoms with E-state index in [4.69, 9.17) is 16.3 Å². The van der Waals surface area contributed by atoms with E-state index < -0.39 is 0 Å². The number of anilines is 1. The molecule has 0 spiro atoms. The van der Waals surface area contributed by atoms with Crippen LogP contribution in [0.2, 0.25) is 5.15 Å². The first kappa shape index (κ1) is 12.5. The number of nitrogens with one attached hydrogen (secondary N) is 1. The molecule has 0 atom stereocenters. The molecule has 4 nitrogen and oxygen atoms in total. The van der Waals surface area contributed by atoms with Crippen molar-refractivity contribution in [2.45, 2.75) is 6.54 Å². The minimum absolute atomic E-state index is 0.196. The van der Waals surface area contributed by atoms with Crippen LogP contribution in [-0.4, -0.2) is 17.2 Å². The second-order valence-corrected chi connectivity index (χ2v) is 4.10. The summed E-state index contributed by atoms with van der Waals surface area (Å²) in [7, 11) is 1.56. The van der Waals surface area contributed by atoms with E-state index in [-0.39, 0.29) is 5.75 Å². The number of hydrogen-bond donors (Lipinski definition) is 2. The summed E-state index contributed by atoms with van der Waals surface area (Å²) in [6, 6.07) is 8.73. The smallest absolute Gasteiger partial charge is 0.131 e. The Morgan fingerprint density at radius 2 is 2.17 bits per heavy atom. The fourth-order valence-corrected chi connectivity index (χ4v) is 1.70. The largest absolute Gasteiger partial charge is 0.507 e. The van der Waals surface area contributed by atoms with Crippen LogP contribution in [0.1, 0.15) is 5.56 Å². The molecular weight excluding hydrogens is 252 g/mol. The molecule has 94 valence electrons. The number of halogens is 1. The molecule has 0 radical (unpaired) electrons. The van der Waals surface area contributed by atoms with Gasteiger partial charge in [-0.3, -0.25) is 0 Å². The molecule has 5 heteroatoms. The van der Waals surface area contributed by atoms with Gasteiger partial charge in [-0.05, 0) is 24.3 Å². The summed E-state index contributed by atoms with van der Waals surface area (Å²) in [6.07, 6.45) is 1.62. The van der Waals surface area contributed by atoms with Gasteiger partial charge in [0.05, 0.1) is 7.11 Å². The number of benzene rings is 1. The molecular formula is C13H13ClN2O2. The average molecular weight is 265 g/mol. The fraction of sp³-hybridized carbons (Fsp3) is 0.154. The van der Waals surface area contributed by atoms with Crippen molar-refractivity contribution in [3.8, 4) is 11.5 Å². The molecule has 0 unspecified atom stereocenters. The minimum atomic E-state index is 0.196. The Bertz CT molecular complexity index is 546. The molecule has 1 heterocycles. The van der Waals surface area contributed by atoms with E-state index in [0.29, 0.717) is 17.4 Å². The number of aromatic nitrogens is 1. The van der Waals surface area contributed by atoms with Crippen molar-refractivity contribution < 1.29 is 9.84 Å². The molecule has 2 rings (SSSR count). The highest BCUT2D eigenvalue weighted by molar-refractivity contribution is 6.29. The number of ether oxygens (including phenoxy) is 1. The topological polar surface area (TPSA) is 54.4 Å². The number of aromatic hydroxyl groups is 1. The number of nitrogens with zero attached hydrogens (tertiary/aromatic N) is 1. The second-order valence-electron chi connectivity index (χ2n) is 3.72. The first-order valence-electron chi connectivity index (χ1n) is 5.40. The molecule has 0 aliphatic rings. The Morgan fingerprint density at radius 1 is 1.33 bits per heavy atom. The minimum Gasteiger partial charge on any atom is -0.507 e. The lowest BCUT2D eigenvalue weighted by molar-refractivity contribution is 0.406. The second kappa shape index (κ2) is 5.60. The third-order valence-electron chi connectivity index (χ3n) is 2.50. The maximum absolute atomic E-state index is 9.80. The van der Waals surface area contributed by atoms with Gasteiger partial charge in [0.25, 0.3) is 0 Å². The molecule has 2 aromatic rings. The van der Waals surface area contributed by atoms with Gasteiger partial charge in [-0.25, -0.2) is 4.98 Å². The zero-order chi connectivity index (χ0) is 13.0. The zero-order valence-corrected chi connectivity index (χ0v) is 10.6. The third kappa shape index (κ3) is 3.05. The van der Waals surface area contributed by atoms with Gasteiger partial charge in [0, 0.05) is 30.1 Å². The zero-order valence-electron chi connectivity index (χ0n) is 9.85. The predicted octanol–water partition coefficient (Wildman–Crippen LogP) is 3.06. The highest BCUT2D eigenvalue weighted by atomic mass is 35.5. The summed E-state index contributed by atoms with van der Waals surface area (Å²) in [5, 5.41) is 13.4. The van der Waals surface area contributed by atoms with Crippen LogP contribution in [0, 0.1) is 0 Å². The molecule has 1 aromatic heterocycles. The molecule has 2 N–H and O–H groups in total. The third-order valence-corrected chi connectivity index (χ3v) is 2.71. The lowest BCUT2D eigenvalue weighted by Gasteiger charge is -2.09. The number of methoxy groups -OCH3 is 1. The van der Waals surface area contributed by atoms with Crippen LogP contribution in [0.25, 0.3) is 0 Å². The van der Waals surface area contributed by atoms with Crippen molar-refractivity contribution in [2.75, 3.05) is 12.4 Å². The number of phenolic OH excluding ortho intramolecular Hbond substituents is 1. The maximum atomic E-state index is 9.80. The summed E-state index contributed by atoms with van der Waals surface area (Å²) in [5.74, 6) is 0.824. The van der Waals surface area contributed by atoms with Gasteiger partial charge in [0.1, 0.15) is 16.7 Å². The van der Waals surface area contributed by atoms with Crippen molar-refractivity contribution in [3.05, 3.63) is 47.2 Å². The van der Waals surface area contributed by atoms with Gasteiger partial charge in [-0.15, -0.1) is 0 Å².